The van der Waals surface area contributed by atoms with Crippen molar-refractivity contribution in [1.82, 2.24) is 10.3 Å². The van der Waals surface area contributed by atoms with Gasteiger partial charge in [0, 0.05) is 13.7 Å². The fourth-order valence-corrected chi connectivity index (χ4v) is 2.03. The van der Waals surface area contributed by atoms with Crippen molar-refractivity contribution in [2.75, 3.05) is 25.6 Å². The van der Waals surface area contributed by atoms with Crippen LogP contribution in [0.25, 0.3) is 0 Å². The first kappa shape index (κ1) is 16.0. The van der Waals surface area contributed by atoms with Crippen molar-refractivity contribution in [3.63, 3.8) is 0 Å². The van der Waals surface area contributed by atoms with Crippen molar-refractivity contribution in [3.05, 3.63) is 59.9 Å². The molecule has 0 bridgehead atoms. The van der Waals surface area contributed by atoms with Crippen LogP contribution in [0.3, 0.4) is 0 Å². The van der Waals surface area contributed by atoms with Gasteiger partial charge in [0.1, 0.15) is 5.69 Å². The number of benzene rings is 1. The van der Waals surface area contributed by atoms with E-state index >= 15 is 0 Å². The van der Waals surface area contributed by atoms with E-state index in [1.165, 1.54) is 0 Å². The van der Waals surface area contributed by atoms with Gasteiger partial charge in [0.15, 0.2) is 0 Å². The van der Waals surface area contributed by atoms with Crippen LogP contribution < -0.4 is 10.6 Å². The number of carbonyl (C=O) groups excluding carboxylic acids is 1. The molecule has 1 aromatic carbocycles. The van der Waals surface area contributed by atoms with Crippen molar-refractivity contribution in [1.29, 1.82) is 0 Å². The summed E-state index contributed by atoms with van der Waals surface area (Å²) < 4.78 is 4.96. The fourth-order valence-electron chi connectivity index (χ4n) is 2.03. The molecule has 2 aromatic rings. The monoisotopic (exact) mass is 299 g/mol. The van der Waals surface area contributed by atoms with Gasteiger partial charge in [-0.15, -0.1) is 0 Å². The molecule has 1 atom stereocenters. The molecule has 2 N–H and O–H groups in total. The lowest BCUT2D eigenvalue weighted by Gasteiger charge is -2.14. The van der Waals surface area contributed by atoms with Gasteiger partial charge in [0.05, 0.1) is 24.5 Å². The molecule has 0 saturated carbocycles. The van der Waals surface area contributed by atoms with Crippen LogP contribution >= 0.6 is 0 Å². The maximum absolute atomic E-state index is 12.2. The molecule has 1 heterocycles. The smallest absolute Gasteiger partial charge is 0.270 e. The quantitative estimate of drug-likeness (QED) is 0.772. The summed E-state index contributed by atoms with van der Waals surface area (Å²) in [6, 6.07) is 13.3. The van der Waals surface area contributed by atoms with Crippen LogP contribution in [0.2, 0.25) is 0 Å². The number of hydrogen-bond acceptors (Lipinski definition) is 4. The molecule has 1 aromatic heterocycles. The highest BCUT2D eigenvalue weighted by Crippen LogP contribution is 2.12. The van der Waals surface area contributed by atoms with E-state index in [-0.39, 0.29) is 11.9 Å². The number of hydrogen-bond donors (Lipinski definition) is 2. The van der Waals surface area contributed by atoms with Gasteiger partial charge in [-0.05, 0) is 24.6 Å². The van der Waals surface area contributed by atoms with Gasteiger partial charge in [-0.1, -0.05) is 30.3 Å². The number of methoxy groups -OCH3 is 1. The van der Waals surface area contributed by atoms with E-state index < -0.39 is 0 Å². The van der Waals surface area contributed by atoms with Gasteiger partial charge in [0.2, 0.25) is 0 Å². The second-order valence-corrected chi connectivity index (χ2v) is 4.96. The van der Waals surface area contributed by atoms with Crippen LogP contribution in [-0.2, 0) is 4.74 Å². The molecular formula is C17H21N3O2. The topological polar surface area (TPSA) is 63.2 Å². The summed E-state index contributed by atoms with van der Waals surface area (Å²) in [4.78, 5) is 16.4. The lowest BCUT2D eigenvalue weighted by Crippen LogP contribution is -2.27. The SMILES string of the molecule is COCCNc1ccc(C(=O)NC(C)c2ccccc2)nc1. The van der Waals surface area contributed by atoms with Gasteiger partial charge < -0.3 is 15.4 Å². The zero-order valence-electron chi connectivity index (χ0n) is 12.9. The van der Waals surface area contributed by atoms with Crippen LogP contribution in [0.15, 0.2) is 48.7 Å². The van der Waals surface area contributed by atoms with Gasteiger partial charge in [0.25, 0.3) is 5.91 Å². The molecule has 0 aliphatic heterocycles. The molecule has 22 heavy (non-hydrogen) atoms. The molecule has 5 nitrogen and oxygen atoms in total. The molecule has 0 fully saturated rings. The van der Waals surface area contributed by atoms with Crippen molar-refractivity contribution in [2.24, 2.45) is 0 Å². The van der Waals surface area contributed by atoms with Crippen molar-refractivity contribution in [3.8, 4) is 0 Å². The van der Waals surface area contributed by atoms with Crippen LogP contribution in [0, 0.1) is 0 Å². The number of amides is 1. The number of aromatic nitrogens is 1. The molecule has 0 radical (unpaired) electrons. The molecule has 0 spiro atoms. The summed E-state index contributed by atoms with van der Waals surface area (Å²) in [5.41, 5.74) is 2.33. The normalized spacial score (nSPS) is 11.7. The molecule has 0 saturated heterocycles. The van der Waals surface area contributed by atoms with E-state index in [4.69, 9.17) is 4.74 Å². The number of rotatable bonds is 7. The van der Waals surface area contributed by atoms with Gasteiger partial charge >= 0.3 is 0 Å². The van der Waals surface area contributed by atoms with Crippen molar-refractivity contribution in [2.45, 2.75) is 13.0 Å². The third kappa shape index (κ3) is 4.56. The highest BCUT2D eigenvalue weighted by molar-refractivity contribution is 5.92. The van der Waals surface area contributed by atoms with E-state index in [0.717, 1.165) is 11.3 Å². The Kier molecular flexibility index (Phi) is 5.91. The summed E-state index contributed by atoms with van der Waals surface area (Å²) in [5, 5.41) is 6.10. The summed E-state index contributed by atoms with van der Waals surface area (Å²) in [6.07, 6.45) is 1.65. The number of carbonyl (C=O) groups is 1. The zero-order valence-corrected chi connectivity index (χ0v) is 12.9. The van der Waals surface area contributed by atoms with E-state index in [0.29, 0.717) is 18.8 Å². The number of anilines is 1. The molecule has 5 heteroatoms. The van der Waals surface area contributed by atoms with Crippen molar-refractivity contribution < 1.29 is 9.53 Å². The molecule has 2 rings (SSSR count). The summed E-state index contributed by atoms with van der Waals surface area (Å²) in [6.45, 7) is 3.28. The molecule has 0 aliphatic rings. The average molecular weight is 299 g/mol. The number of pyridine rings is 1. The highest BCUT2D eigenvalue weighted by atomic mass is 16.5. The number of ether oxygens (including phenoxy) is 1. The molecule has 0 aliphatic carbocycles. The fraction of sp³-hybridized carbons (Fsp3) is 0.294. The predicted molar refractivity (Wildman–Crippen MR) is 86.9 cm³/mol. The van der Waals surface area contributed by atoms with E-state index in [2.05, 4.69) is 15.6 Å². The Hall–Kier alpha value is -2.40. The maximum Gasteiger partial charge on any atom is 0.270 e. The Morgan fingerprint density at radius 3 is 2.64 bits per heavy atom. The summed E-state index contributed by atoms with van der Waals surface area (Å²) in [5.74, 6) is -0.181. The summed E-state index contributed by atoms with van der Waals surface area (Å²) in [7, 11) is 1.65. The zero-order chi connectivity index (χ0) is 15.8. The third-order valence-corrected chi connectivity index (χ3v) is 3.28. The molecular weight excluding hydrogens is 278 g/mol. The Labute approximate surface area is 130 Å². The van der Waals surface area contributed by atoms with Gasteiger partial charge in [-0.2, -0.15) is 0 Å². The van der Waals surface area contributed by atoms with E-state index in [9.17, 15) is 4.79 Å². The van der Waals surface area contributed by atoms with Gasteiger partial charge in [-0.25, -0.2) is 4.98 Å². The number of nitrogens with zero attached hydrogens (tertiary/aromatic N) is 1. The second-order valence-electron chi connectivity index (χ2n) is 4.96. The number of nitrogens with one attached hydrogen (secondary N) is 2. The lowest BCUT2D eigenvalue weighted by molar-refractivity contribution is 0.0935. The highest BCUT2D eigenvalue weighted by Gasteiger charge is 2.12. The third-order valence-electron chi connectivity index (χ3n) is 3.28. The molecule has 116 valence electrons. The molecule has 1 amide bonds. The van der Waals surface area contributed by atoms with Crippen molar-refractivity contribution >= 4 is 11.6 Å². The first-order chi connectivity index (χ1) is 10.7. The Morgan fingerprint density at radius 1 is 1.23 bits per heavy atom. The molecule has 1 unspecified atom stereocenters. The summed E-state index contributed by atoms with van der Waals surface area (Å²) >= 11 is 0. The lowest BCUT2D eigenvalue weighted by atomic mass is 10.1. The first-order valence-corrected chi connectivity index (χ1v) is 7.25. The van der Waals surface area contributed by atoms with Crippen LogP contribution in [-0.4, -0.2) is 31.2 Å². The Bertz CT molecular complexity index is 585. The minimum atomic E-state index is -0.181. The minimum absolute atomic E-state index is 0.0602. The van der Waals surface area contributed by atoms with Gasteiger partial charge in [-0.3, -0.25) is 4.79 Å². The second kappa shape index (κ2) is 8.14. The average Bonchev–Trinajstić information content (AvgIpc) is 2.56. The van der Waals surface area contributed by atoms with Crippen LogP contribution in [0.1, 0.15) is 29.0 Å². The standard InChI is InChI=1S/C17H21N3O2/c1-13(14-6-4-3-5-7-14)20-17(21)16-9-8-15(12-19-16)18-10-11-22-2/h3-9,12-13,18H,10-11H2,1-2H3,(H,20,21). The van der Waals surface area contributed by atoms with E-state index in [1.54, 1.807) is 19.4 Å². The van der Waals surface area contributed by atoms with Crippen LogP contribution in [0.4, 0.5) is 5.69 Å². The Balaban J connectivity index is 1.92. The van der Waals surface area contributed by atoms with Crippen LogP contribution in [0.5, 0.6) is 0 Å². The Morgan fingerprint density at radius 2 is 2.00 bits per heavy atom. The predicted octanol–water partition coefficient (Wildman–Crippen LogP) is 2.63. The maximum atomic E-state index is 12.2. The minimum Gasteiger partial charge on any atom is -0.383 e. The first-order valence-electron chi connectivity index (χ1n) is 7.25. The largest absolute Gasteiger partial charge is 0.383 e. The van der Waals surface area contributed by atoms with E-state index in [1.807, 2.05) is 43.3 Å².